The van der Waals surface area contributed by atoms with E-state index in [-0.39, 0.29) is 5.82 Å². The molecule has 4 rings (SSSR count). The maximum absolute atomic E-state index is 13.4. The SMILES string of the molecule is Cc1ccccc1-c1c(-c2ccccc2)nc(-c2ccc(F)cc2)c(C)[n+]1C. The van der Waals surface area contributed by atoms with Gasteiger partial charge in [0.05, 0.1) is 5.56 Å². The number of benzene rings is 3. The molecule has 0 amide bonds. The van der Waals surface area contributed by atoms with Gasteiger partial charge >= 0.3 is 0 Å². The van der Waals surface area contributed by atoms with Gasteiger partial charge in [-0.2, -0.15) is 4.57 Å². The maximum Gasteiger partial charge on any atom is 0.239 e. The van der Waals surface area contributed by atoms with Crippen LogP contribution in [0, 0.1) is 19.7 Å². The topological polar surface area (TPSA) is 16.8 Å². The molecule has 0 bridgehead atoms. The number of nitrogens with zero attached hydrogens (tertiary/aromatic N) is 2. The third kappa shape index (κ3) is 3.20. The Hall–Kier alpha value is -3.33. The normalized spacial score (nSPS) is 10.9. The molecule has 0 saturated carbocycles. The van der Waals surface area contributed by atoms with E-state index >= 15 is 0 Å². The van der Waals surface area contributed by atoms with Crippen molar-refractivity contribution in [3.63, 3.8) is 0 Å². The minimum absolute atomic E-state index is 0.245. The van der Waals surface area contributed by atoms with Crippen molar-refractivity contribution in [3.05, 3.63) is 95.9 Å². The highest BCUT2D eigenvalue weighted by Crippen LogP contribution is 2.33. The van der Waals surface area contributed by atoms with E-state index < -0.39 is 0 Å². The summed E-state index contributed by atoms with van der Waals surface area (Å²) < 4.78 is 15.6. The smallest absolute Gasteiger partial charge is 0.234 e. The fourth-order valence-corrected chi connectivity index (χ4v) is 3.56. The van der Waals surface area contributed by atoms with Gasteiger partial charge < -0.3 is 0 Å². The molecular weight excluding hydrogens is 347 g/mol. The van der Waals surface area contributed by atoms with Crippen LogP contribution >= 0.6 is 0 Å². The van der Waals surface area contributed by atoms with Gasteiger partial charge in [0.2, 0.25) is 11.4 Å². The Labute approximate surface area is 165 Å². The molecule has 0 saturated heterocycles. The molecule has 3 heteroatoms. The molecule has 138 valence electrons. The molecular formula is C25H22FN2+. The van der Waals surface area contributed by atoms with Gasteiger partial charge in [0.15, 0.2) is 0 Å². The monoisotopic (exact) mass is 369 g/mol. The molecule has 0 aliphatic carbocycles. The third-order valence-corrected chi connectivity index (χ3v) is 5.19. The lowest BCUT2D eigenvalue weighted by Gasteiger charge is -2.14. The van der Waals surface area contributed by atoms with Gasteiger partial charge in [-0.05, 0) is 42.8 Å². The summed E-state index contributed by atoms with van der Waals surface area (Å²) in [6, 6.07) is 25.1. The van der Waals surface area contributed by atoms with E-state index in [1.54, 1.807) is 12.1 Å². The number of halogens is 1. The summed E-state index contributed by atoms with van der Waals surface area (Å²) in [4.78, 5) is 5.08. The molecule has 0 aliphatic rings. The number of hydrogen-bond donors (Lipinski definition) is 0. The number of hydrogen-bond acceptors (Lipinski definition) is 1. The minimum atomic E-state index is -0.245. The van der Waals surface area contributed by atoms with Crippen LogP contribution in [-0.4, -0.2) is 4.98 Å². The summed E-state index contributed by atoms with van der Waals surface area (Å²) in [5, 5.41) is 0. The van der Waals surface area contributed by atoms with Crippen LogP contribution in [0.2, 0.25) is 0 Å². The third-order valence-electron chi connectivity index (χ3n) is 5.19. The van der Waals surface area contributed by atoms with Gasteiger partial charge in [-0.1, -0.05) is 48.5 Å². The van der Waals surface area contributed by atoms with Crippen molar-refractivity contribution in [3.8, 4) is 33.8 Å². The lowest BCUT2D eigenvalue weighted by molar-refractivity contribution is -0.666. The highest BCUT2D eigenvalue weighted by atomic mass is 19.1. The van der Waals surface area contributed by atoms with Crippen LogP contribution in [0.4, 0.5) is 4.39 Å². The van der Waals surface area contributed by atoms with E-state index in [2.05, 4.69) is 55.8 Å². The van der Waals surface area contributed by atoms with Gasteiger partial charge in [-0.3, -0.25) is 0 Å². The summed E-state index contributed by atoms with van der Waals surface area (Å²) in [7, 11) is 2.07. The Morgan fingerprint density at radius 2 is 1.32 bits per heavy atom. The Bertz CT molecular complexity index is 1130. The average molecular weight is 369 g/mol. The first-order valence-corrected chi connectivity index (χ1v) is 9.34. The van der Waals surface area contributed by atoms with Gasteiger partial charge in [0.1, 0.15) is 24.3 Å². The Morgan fingerprint density at radius 3 is 2.00 bits per heavy atom. The van der Waals surface area contributed by atoms with Gasteiger partial charge in [0, 0.05) is 18.1 Å². The number of rotatable bonds is 3. The number of aromatic nitrogens is 2. The van der Waals surface area contributed by atoms with Crippen LogP contribution in [-0.2, 0) is 7.05 Å². The van der Waals surface area contributed by atoms with E-state index in [1.807, 2.05) is 24.3 Å². The summed E-state index contributed by atoms with van der Waals surface area (Å²) in [5.41, 5.74) is 8.21. The molecule has 0 fully saturated rings. The Balaban J connectivity index is 2.05. The standard InChI is InChI=1S/C25H22FN2/c1-17-9-7-8-12-22(17)25-24(19-10-5-4-6-11-19)27-23(18(2)28(25)3)20-13-15-21(26)16-14-20/h4-16H,1-3H3/q+1. The van der Waals surface area contributed by atoms with Crippen LogP contribution in [0.5, 0.6) is 0 Å². The molecule has 3 aromatic carbocycles. The van der Waals surface area contributed by atoms with Crippen molar-refractivity contribution >= 4 is 0 Å². The molecule has 0 unspecified atom stereocenters. The lowest BCUT2D eigenvalue weighted by atomic mass is 9.98. The second-order valence-electron chi connectivity index (χ2n) is 6.99. The van der Waals surface area contributed by atoms with Crippen molar-refractivity contribution in [2.24, 2.45) is 7.05 Å². The molecule has 0 spiro atoms. The molecule has 28 heavy (non-hydrogen) atoms. The number of aryl methyl sites for hydroxylation is 1. The predicted octanol–water partition coefficient (Wildman–Crippen LogP) is 5.66. The van der Waals surface area contributed by atoms with Crippen LogP contribution in [0.15, 0.2) is 78.9 Å². The van der Waals surface area contributed by atoms with E-state index in [1.165, 1.54) is 17.7 Å². The summed E-state index contributed by atoms with van der Waals surface area (Å²) >= 11 is 0. The van der Waals surface area contributed by atoms with E-state index in [0.717, 1.165) is 39.5 Å². The Morgan fingerprint density at radius 1 is 0.714 bits per heavy atom. The van der Waals surface area contributed by atoms with Crippen molar-refractivity contribution in [2.45, 2.75) is 13.8 Å². The predicted molar refractivity (Wildman–Crippen MR) is 111 cm³/mol. The van der Waals surface area contributed by atoms with Crippen LogP contribution < -0.4 is 4.57 Å². The quantitative estimate of drug-likeness (QED) is 0.426. The van der Waals surface area contributed by atoms with Crippen LogP contribution in [0.25, 0.3) is 33.8 Å². The molecule has 0 aliphatic heterocycles. The van der Waals surface area contributed by atoms with Crippen molar-refractivity contribution in [2.75, 3.05) is 0 Å². The molecule has 0 N–H and O–H groups in total. The van der Waals surface area contributed by atoms with Crippen molar-refractivity contribution in [1.29, 1.82) is 0 Å². The highest BCUT2D eigenvalue weighted by Gasteiger charge is 2.26. The zero-order chi connectivity index (χ0) is 19.7. The van der Waals surface area contributed by atoms with Crippen molar-refractivity contribution < 1.29 is 8.96 Å². The zero-order valence-electron chi connectivity index (χ0n) is 16.3. The zero-order valence-corrected chi connectivity index (χ0v) is 16.3. The van der Waals surface area contributed by atoms with Crippen LogP contribution in [0.1, 0.15) is 11.3 Å². The van der Waals surface area contributed by atoms with Crippen LogP contribution in [0.3, 0.4) is 0 Å². The fourth-order valence-electron chi connectivity index (χ4n) is 3.56. The first-order chi connectivity index (χ1) is 13.6. The second-order valence-corrected chi connectivity index (χ2v) is 6.99. The minimum Gasteiger partial charge on any atom is -0.234 e. The molecule has 1 aromatic heterocycles. The summed E-state index contributed by atoms with van der Waals surface area (Å²) in [6.07, 6.45) is 0. The molecule has 4 aromatic rings. The first-order valence-electron chi connectivity index (χ1n) is 9.34. The fraction of sp³-hybridized carbons (Fsp3) is 0.120. The van der Waals surface area contributed by atoms with Gasteiger partial charge in [-0.15, -0.1) is 0 Å². The van der Waals surface area contributed by atoms with Gasteiger partial charge in [-0.25, -0.2) is 9.37 Å². The lowest BCUT2D eigenvalue weighted by Crippen LogP contribution is -2.37. The maximum atomic E-state index is 13.4. The molecule has 0 radical (unpaired) electrons. The largest absolute Gasteiger partial charge is 0.239 e. The average Bonchev–Trinajstić information content (AvgIpc) is 2.72. The van der Waals surface area contributed by atoms with E-state index in [0.29, 0.717) is 0 Å². The Kier molecular flexibility index (Phi) is 4.74. The van der Waals surface area contributed by atoms with E-state index in [4.69, 9.17) is 4.98 Å². The van der Waals surface area contributed by atoms with Crippen molar-refractivity contribution in [1.82, 2.24) is 4.98 Å². The summed E-state index contributed by atoms with van der Waals surface area (Å²) in [5.74, 6) is -0.245. The molecule has 0 atom stereocenters. The first kappa shape index (κ1) is 18.1. The molecule has 1 heterocycles. The van der Waals surface area contributed by atoms with E-state index in [9.17, 15) is 4.39 Å². The van der Waals surface area contributed by atoms with Gasteiger partial charge in [0.25, 0.3) is 0 Å². The molecule has 2 nitrogen and oxygen atoms in total. The second kappa shape index (κ2) is 7.35. The highest BCUT2D eigenvalue weighted by molar-refractivity contribution is 5.79. The summed E-state index contributed by atoms with van der Waals surface area (Å²) in [6.45, 7) is 4.18.